The van der Waals surface area contributed by atoms with E-state index in [1.54, 1.807) is 34.8 Å². The van der Waals surface area contributed by atoms with Crippen molar-refractivity contribution < 1.29 is 4.39 Å². The van der Waals surface area contributed by atoms with Crippen LogP contribution in [0.15, 0.2) is 41.6 Å². The van der Waals surface area contributed by atoms with Gasteiger partial charge in [-0.05, 0) is 24.1 Å². The van der Waals surface area contributed by atoms with Crippen molar-refractivity contribution >= 4 is 11.8 Å². The van der Waals surface area contributed by atoms with E-state index in [1.807, 2.05) is 26.2 Å². The van der Waals surface area contributed by atoms with Crippen molar-refractivity contribution in [1.82, 2.24) is 9.78 Å². The van der Waals surface area contributed by atoms with Crippen LogP contribution >= 0.6 is 11.8 Å². The van der Waals surface area contributed by atoms with E-state index < -0.39 is 0 Å². The maximum absolute atomic E-state index is 13.4. The number of nitrogens with zero attached hydrogens (tertiary/aromatic N) is 2. The predicted octanol–water partition coefficient (Wildman–Crippen LogP) is 3.13. The van der Waals surface area contributed by atoms with Crippen molar-refractivity contribution in [2.45, 2.75) is 29.5 Å². The Hall–Kier alpha value is -1.33. The molecule has 1 aromatic carbocycles. The summed E-state index contributed by atoms with van der Waals surface area (Å²) < 4.78 is 15.1. The largest absolute Gasteiger partial charge is 0.326 e. The van der Waals surface area contributed by atoms with Gasteiger partial charge in [-0.15, -0.1) is 11.8 Å². The number of aryl methyl sites for hydroxylation is 1. The van der Waals surface area contributed by atoms with Crippen molar-refractivity contribution in [3.8, 4) is 0 Å². The molecule has 0 fully saturated rings. The fourth-order valence-corrected chi connectivity index (χ4v) is 3.17. The van der Waals surface area contributed by atoms with E-state index in [2.05, 4.69) is 5.10 Å². The molecule has 1 heterocycles. The Bertz CT molecular complexity index is 541. The number of nitrogens with two attached hydrogens (primary N) is 1. The summed E-state index contributed by atoms with van der Waals surface area (Å²) in [6.45, 7) is 2.04. The summed E-state index contributed by atoms with van der Waals surface area (Å²) in [6.07, 6.45) is 4.59. The first-order valence-corrected chi connectivity index (χ1v) is 7.14. The molecule has 1 aromatic heterocycles. The van der Waals surface area contributed by atoms with E-state index in [9.17, 15) is 4.39 Å². The van der Waals surface area contributed by atoms with Crippen LogP contribution in [0.2, 0.25) is 0 Å². The third kappa shape index (κ3) is 3.58. The molecule has 2 N–H and O–H groups in total. The number of rotatable bonds is 5. The Morgan fingerprint density at radius 1 is 1.47 bits per heavy atom. The summed E-state index contributed by atoms with van der Waals surface area (Å²) in [7, 11) is 1.88. The molecule has 5 heteroatoms. The zero-order chi connectivity index (χ0) is 13.8. The van der Waals surface area contributed by atoms with E-state index in [4.69, 9.17) is 5.73 Å². The highest BCUT2D eigenvalue weighted by atomic mass is 32.2. The fourth-order valence-electron chi connectivity index (χ4n) is 1.91. The lowest BCUT2D eigenvalue weighted by Gasteiger charge is -2.22. The van der Waals surface area contributed by atoms with Gasteiger partial charge in [-0.3, -0.25) is 4.68 Å². The van der Waals surface area contributed by atoms with Crippen LogP contribution < -0.4 is 5.73 Å². The van der Waals surface area contributed by atoms with E-state index in [0.717, 1.165) is 16.9 Å². The minimum Gasteiger partial charge on any atom is -0.326 e. The summed E-state index contributed by atoms with van der Waals surface area (Å²) in [4.78, 5) is 1.04. The molecular formula is C14H18FN3S. The van der Waals surface area contributed by atoms with Crippen LogP contribution in [0.3, 0.4) is 0 Å². The average Bonchev–Trinajstić information content (AvgIpc) is 2.80. The van der Waals surface area contributed by atoms with Crippen molar-refractivity contribution in [2.24, 2.45) is 12.8 Å². The number of halogens is 1. The Kier molecular flexibility index (Phi) is 4.61. The molecule has 0 aliphatic rings. The monoisotopic (exact) mass is 279 g/mol. The molecule has 0 bridgehead atoms. The van der Waals surface area contributed by atoms with Gasteiger partial charge in [-0.2, -0.15) is 5.10 Å². The van der Waals surface area contributed by atoms with Gasteiger partial charge in [-0.1, -0.05) is 19.1 Å². The fraction of sp³-hybridized carbons (Fsp3) is 0.357. The molecule has 2 unspecified atom stereocenters. The van der Waals surface area contributed by atoms with Crippen LogP contribution in [0.25, 0.3) is 0 Å². The topological polar surface area (TPSA) is 43.8 Å². The molecule has 102 valence electrons. The van der Waals surface area contributed by atoms with E-state index in [0.29, 0.717) is 0 Å². The molecule has 0 saturated heterocycles. The summed E-state index contributed by atoms with van der Waals surface area (Å²) in [6, 6.07) is 6.64. The summed E-state index contributed by atoms with van der Waals surface area (Å²) in [5.74, 6) is -0.224. The van der Waals surface area contributed by atoms with E-state index in [-0.39, 0.29) is 17.1 Å². The highest BCUT2D eigenvalue weighted by Gasteiger charge is 2.21. The second-order valence-corrected chi connectivity index (χ2v) is 5.73. The van der Waals surface area contributed by atoms with Crippen molar-refractivity contribution in [1.29, 1.82) is 0 Å². The van der Waals surface area contributed by atoms with Gasteiger partial charge in [0.15, 0.2) is 0 Å². The standard InChI is InChI=1S/C14H18FN3S/c1-3-13(16)14(10-5-4-6-11(15)7-10)19-12-8-17-18(2)9-12/h4-9,13-14H,3,16H2,1-2H3. The molecule has 0 aliphatic heterocycles. The molecule has 0 spiro atoms. The molecule has 3 nitrogen and oxygen atoms in total. The highest BCUT2D eigenvalue weighted by molar-refractivity contribution is 7.99. The Morgan fingerprint density at radius 3 is 2.84 bits per heavy atom. The highest BCUT2D eigenvalue weighted by Crippen LogP contribution is 2.37. The van der Waals surface area contributed by atoms with Gasteiger partial charge in [0.2, 0.25) is 0 Å². The van der Waals surface area contributed by atoms with Gasteiger partial charge in [-0.25, -0.2) is 4.39 Å². The first-order chi connectivity index (χ1) is 9.10. The minimum atomic E-state index is -0.224. The average molecular weight is 279 g/mol. The maximum Gasteiger partial charge on any atom is 0.123 e. The normalized spacial score (nSPS) is 14.3. The zero-order valence-electron chi connectivity index (χ0n) is 11.1. The van der Waals surface area contributed by atoms with E-state index >= 15 is 0 Å². The molecule has 0 saturated carbocycles. The van der Waals surface area contributed by atoms with E-state index in [1.165, 1.54) is 6.07 Å². The Balaban J connectivity index is 2.25. The molecule has 19 heavy (non-hydrogen) atoms. The SMILES string of the molecule is CCC(N)C(Sc1cnn(C)c1)c1cccc(F)c1. The summed E-state index contributed by atoms with van der Waals surface area (Å²) in [5, 5.41) is 4.18. The smallest absolute Gasteiger partial charge is 0.123 e. The van der Waals surface area contributed by atoms with Crippen LogP contribution in [-0.4, -0.2) is 15.8 Å². The molecule has 2 atom stereocenters. The number of hydrogen-bond acceptors (Lipinski definition) is 3. The van der Waals surface area contributed by atoms with Gasteiger partial charge in [0.25, 0.3) is 0 Å². The summed E-state index contributed by atoms with van der Waals surface area (Å²) in [5.41, 5.74) is 7.10. The Labute approximate surface area is 117 Å². The van der Waals surface area contributed by atoms with Gasteiger partial charge in [0, 0.05) is 29.4 Å². The number of thioether (sulfide) groups is 1. The second kappa shape index (κ2) is 6.21. The molecular weight excluding hydrogens is 261 g/mol. The van der Waals surface area contributed by atoms with Crippen molar-refractivity contribution in [3.05, 3.63) is 48.0 Å². The lowest BCUT2D eigenvalue weighted by atomic mass is 10.0. The number of aromatic nitrogens is 2. The first-order valence-electron chi connectivity index (χ1n) is 6.26. The predicted molar refractivity (Wildman–Crippen MR) is 76.5 cm³/mol. The number of hydrogen-bond donors (Lipinski definition) is 1. The van der Waals surface area contributed by atoms with Gasteiger partial charge < -0.3 is 5.73 Å². The maximum atomic E-state index is 13.4. The van der Waals surface area contributed by atoms with Crippen LogP contribution in [0.1, 0.15) is 24.2 Å². The molecule has 2 rings (SSSR count). The first kappa shape index (κ1) is 14.1. The third-order valence-corrected chi connectivity index (χ3v) is 4.34. The van der Waals surface area contributed by atoms with Gasteiger partial charge in [0.1, 0.15) is 5.82 Å². The minimum absolute atomic E-state index is 0.0213. The van der Waals surface area contributed by atoms with Crippen molar-refractivity contribution in [3.63, 3.8) is 0 Å². The molecule has 2 aromatic rings. The summed E-state index contributed by atoms with van der Waals surface area (Å²) >= 11 is 1.63. The van der Waals surface area contributed by atoms with Crippen LogP contribution in [0, 0.1) is 5.82 Å². The van der Waals surface area contributed by atoms with Gasteiger partial charge >= 0.3 is 0 Å². The lowest BCUT2D eigenvalue weighted by Crippen LogP contribution is -2.25. The quantitative estimate of drug-likeness (QED) is 0.855. The zero-order valence-corrected chi connectivity index (χ0v) is 11.9. The van der Waals surface area contributed by atoms with Crippen molar-refractivity contribution in [2.75, 3.05) is 0 Å². The van der Waals surface area contributed by atoms with Gasteiger partial charge in [0.05, 0.1) is 6.20 Å². The Morgan fingerprint density at radius 2 is 2.26 bits per heavy atom. The molecule has 0 aliphatic carbocycles. The lowest BCUT2D eigenvalue weighted by molar-refractivity contribution is 0.610. The van der Waals surface area contributed by atoms with Crippen LogP contribution in [-0.2, 0) is 7.05 Å². The number of benzene rings is 1. The molecule has 0 radical (unpaired) electrons. The van der Waals surface area contributed by atoms with Crippen LogP contribution in [0.4, 0.5) is 4.39 Å². The van der Waals surface area contributed by atoms with Crippen LogP contribution in [0.5, 0.6) is 0 Å². The third-order valence-electron chi connectivity index (χ3n) is 2.98. The molecule has 0 amide bonds. The second-order valence-electron chi connectivity index (χ2n) is 4.52.